The first-order valence-corrected chi connectivity index (χ1v) is 6.67. The highest BCUT2D eigenvalue weighted by atomic mass is 16.3. The fourth-order valence-electron chi connectivity index (χ4n) is 2.03. The molecule has 0 aliphatic rings. The summed E-state index contributed by atoms with van der Waals surface area (Å²) in [5.74, 6) is 1.09. The normalized spacial score (nSPS) is 15.9. The first kappa shape index (κ1) is 13.8. The summed E-state index contributed by atoms with van der Waals surface area (Å²) in [6, 6.07) is 14.3. The molecule has 0 saturated heterocycles. The predicted molar refractivity (Wildman–Crippen MR) is 75.8 cm³/mol. The van der Waals surface area contributed by atoms with E-state index >= 15 is 0 Å². The third-order valence-corrected chi connectivity index (χ3v) is 3.53. The molecule has 1 heterocycles. The molecule has 1 aromatic carbocycles. The minimum atomic E-state index is 0.0141. The van der Waals surface area contributed by atoms with Crippen LogP contribution in [0.1, 0.15) is 31.2 Å². The van der Waals surface area contributed by atoms with E-state index < -0.39 is 0 Å². The van der Waals surface area contributed by atoms with E-state index in [-0.39, 0.29) is 24.6 Å². The zero-order valence-electron chi connectivity index (χ0n) is 11.4. The molecule has 3 unspecified atom stereocenters. The van der Waals surface area contributed by atoms with Crippen molar-refractivity contribution < 1.29 is 9.52 Å². The van der Waals surface area contributed by atoms with E-state index in [2.05, 4.69) is 24.4 Å². The molecule has 0 aliphatic heterocycles. The van der Waals surface area contributed by atoms with Crippen LogP contribution in [0.25, 0.3) is 0 Å². The molecule has 19 heavy (non-hydrogen) atoms. The van der Waals surface area contributed by atoms with E-state index in [1.54, 1.807) is 6.26 Å². The Bertz CT molecular complexity index is 467. The maximum atomic E-state index is 9.26. The van der Waals surface area contributed by atoms with E-state index in [0.29, 0.717) is 0 Å². The number of aliphatic hydroxyl groups is 1. The van der Waals surface area contributed by atoms with Crippen LogP contribution in [0.3, 0.4) is 0 Å². The molecule has 0 aliphatic carbocycles. The molecule has 3 atom stereocenters. The number of furan rings is 1. The zero-order chi connectivity index (χ0) is 13.7. The van der Waals surface area contributed by atoms with Gasteiger partial charge in [0.05, 0.1) is 12.3 Å². The van der Waals surface area contributed by atoms with Crippen LogP contribution in [0.5, 0.6) is 0 Å². The van der Waals surface area contributed by atoms with Crippen LogP contribution in [0.15, 0.2) is 53.1 Å². The van der Waals surface area contributed by atoms with Gasteiger partial charge in [-0.2, -0.15) is 0 Å². The van der Waals surface area contributed by atoms with Gasteiger partial charge in [-0.1, -0.05) is 37.3 Å². The van der Waals surface area contributed by atoms with E-state index in [9.17, 15) is 5.11 Å². The highest BCUT2D eigenvalue weighted by Gasteiger charge is 2.21. The summed E-state index contributed by atoms with van der Waals surface area (Å²) in [6.07, 6.45) is 1.69. The third kappa shape index (κ3) is 3.46. The summed E-state index contributed by atoms with van der Waals surface area (Å²) < 4.78 is 5.54. The molecule has 1 aromatic heterocycles. The summed E-state index contributed by atoms with van der Waals surface area (Å²) in [4.78, 5) is 0. The maximum absolute atomic E-state index is 9.26. The second-order valence-electron chi connectivity index (χ2n) is 4.97. The highest BCUT2D eigenvalue weighted by molar-refractivity contribution is 5.26. The van der Waals surface area contributed by atoms with Gasteiger partial charge in [-0.3, -0.25) is 0 Å². The number of benzene rings is 1. The second-order valence-corrected chi connectivity index (χ2v) is 4.97. The summed E-state index contributed by atoms with van der Waals surface area (Å²) in [6.45, 7) is 4.29. The standard InChI is InChI=1S/C16H21NO2/c1-12(11-18)13(2)17-16(15-9-6-10-19-15)14-7-4-3-5-8-14/h3-10,12-13,16-18H,11H2,1-2H3. The van der Waals surface area contributed by atoms with Crippen molar-refractivity contribution in [2.75, 3.05) is 6.61 Å². The number of hydrogen-bond donors (Lipinski definition) is 2. The van der Waals surface area contributed by atoms with Crippen LogP contribution >= 0.6 is 0 Å². The number of rotatable bonds is 6. The Balaban J connectivity index is 2.21. The van der Waals surface area contributed by atoms with Crippen LogP contribution in [0, 0.1) is 5.92 Å². The van der Waals surface area contributed by atoms with Gasteiger partial charge in [-0.25, -0.2) is 0 Å². The van der Waals surface area contributed by atoms with Crippen LogP contribution < -0.4 is 5.32 Å². The van der Waals surface area contributed by atoms with Gasteiger partial charge < -0.3 is 14.8 Å². The molecule has 2 rings (SSSR count). The van der Waals surface area contributed by atoms with Gasteiger partial charge in [0.25, 0.3) is 0 Å². The molecule has 0 spiro atoms. The molecular formula is C16H21NO2. The molecule has 0 fully saturated rings. The molecule has 3 nitrogen and oxygen atoms in total. The van der Waals surface area contributed by atoms with Crippen molar-refractivity contribution in [3.63, 3.8) is 0 Å². The van der Waals surface area contributed by atoms with Crippen molar-refractivity contribution in [2.45, 2.75) is 25.9 Å². The molecule has 0 saturated carbocycles. The van der Waals surface area contributed by atoms with Crippen LogP contribution in [-0.2, 0) is 0 Å². The largest absolute Gasteiger partial charge is 0.467 e. The summed E-state index contributed by atoms with van der Waals surface area (Å²) in [5.41, 5.74) is 1.16. The van der Waals surface area contributed by atoms with Crippen molar-refractivity contribution in [3.8, 4) is 0 Å². The smallest absolute Gasteiger partial charge is 0.125 e. The number of aliphatic hydroxyl groups excluding tert-OH is 1. The Labute approximate surface area is 114 Å². The lowest BCUT2D eigenvalue weighted by Crippen LogP contribution is -2.37. The first-order valence-electron chi connectivity index (χ1n) is 6.67. The Morgan fingerprint density at radius 3 is 2.42 bits per heavy atom. The first-order chi connectivity index (χ1) is 9.22. The van der Waals surface area contributed by atoms with Crippen LogP contribution in [-0.4, -0.2) is 17.8 Å². The monoisotopic (exact) mass is 259 g/mol. The van der Waals surface area contributed by atoms with Crippen molar-refractivity contribution in [1.29, 1.82) is 0 Å². The predicted octanol–water partition coefficient (Wildman–Crippen LogP) is 2.98. The SMILES string of the molecule is CC(CO)C(C)NC(c1ccccc1)c1ccco1. The van der Waals surface area contributed by atoms with Gasteiger partial charge in [-0.05, 0) is 30.5 Å². The van der Waals surface area contributed by atoms with Gasteiger partial charge in [0.2, 0.25) is 0 Å². The highest BCUT2D eigenvalue weighted by Crippen LogP contribution is 2.23. The molecule has 0 radical (unpaired) electrons. The van der Waals surface area contributed by atoms with E-state index in [4.69, 9.17) is 4.42 Å². The molecule has 2 N–H and O–H groups in total. The average molecular weight is 259 g/mol. The maximum Gasteiger partial charge on any atom is 0.125 e. The minimum absolute atomic E-state index is 0.0141. The van der Waals surface area contributed by atoms with Crippen molar-refractivity contribution in [2.24, 2.45) is 5.92 Å². The van der Waals surface area contributed by atoms with Crippen molar-refractivity contribution >= 4 is 0 Å². The van der Waals surface area contributed by atoms with Crippen molar-refractivity contribution in [1.82, 2.24) is 5.32 Å². The second kappa shape index (κ2) is 6.55. The molecule has 3 heteroatoms. The lowest BCUT2D eigenvalue weighted by molar-refractivity contribution is 0.201. The average Bonchev–Trinajstić information content (AvgIpc) is 2.98. The zero-order valence-corrected chi connectivity index (χ0v) is 11.4. The van der Waals surface area contributed by atoms with Crippen LogP contribution in [0.4, 0.5) is 0 Å². The van der Waals surface area contributed by atoms with Gasteiger partial charge in [0.1, 0.15) is 5.76 Å². The number of hydrogen-bond acceptors (Lipinski definition) is 3. The Morgan fingerprint density at radius 1 is 1.11 bits per heavy atom. The fourth-order valence-corrected chi connectivity index (χ4v) is 2.03. The quantitative estimate of drug-likeness (QED) is 0.838. The topological polar surface area (TPSA) is 45.4 Å². The molecule has 0 amide bonds. The lowest BCUT2D eigenvalue weighted by Gasteiger charge is -2.25. The third-order valence-electron chi connectivity index (χ3n) is 3.53. The summed E-state index contributed by atoms with van der Waals surface area (Å²) in [5, 5.41) is 12.8. The van der Waals surface area contributed by atoms with Gasteiger partial charge in [0, 0.05) is 12.6 Å². The summed E-state index contributed by atoms with van der Waals surface area (Å²) >= 11 is 0. The minimum Gasteiger partial charge on any atom is -0.467 e. The fraction of sp³-hybridized carbons (Fsp3) is 0.375. The Kier molecular flexibility index (Phi) is 4.77. The Hall–Kier alpha value is -1.58. The number of nitrogens with one attached hydrogen (secondary N) is 1. The molecule has 0 bridgehead atoms. The molecule has 2 aromatic rings. The van der Waals surface area contributed by atoms with Gasteiger partial charge in [0.15, 0.2) is 0 Å². The molecule has 102 valence electrons. The molecular weight excluding hydrogens is 238 g/mol. The van der Waals surface area contributed by atoms with E-state index in [1.165, 1.54) is 0 Å². The van der Waals surface area contributed by atoms with Gasteiger partial charge in [-0.15, -0.1) is 0 Å². The van der Waals surface area contributed by atoms with E-state index in [1.807, 2.05) is 37.3 Å². The van der Waals surface area contributed by atoms with Crippen LogP contribution in [0.2, 0.25) is 0 Å². The van der Waals surface area contributed by atoms with Crippen molar-refractivity contribution in [3.05, 3.63) is 60.1 Å². The summed E-state index contributed by atoms with van der Waals surface area (Å²) in [7, 11) is 0. The van der Waals surface area contributed by atoms with Gasteiger partial charge >= 0.3 is 0 Å². The van der Waals surface area contributed by atoms with E-state index in [0.717, 1.165) is 11.3 Å². The lowest BCUT2D eigenvalue weighted by atomic mass is 9.99. The Morgan fingerprint density at radius 2 is 1.84 bits per heavy atom.